The quantitative estimate of drug-likeness (QED) is 0.295. The number of aromatic nitrogens is 1. The molecule has 0 radical (unpaired) electrons. The van der Waals surface area contributed by atoms with E-state index in [0.717, 1.165) is 5.56 Å². The summed E-state index contributed by atoms with van der Waals surface area (Å²) >= 11 is 0. The van der Waals surface area contributed by atoms with Crippen LogP contribution in [0.2, 0.25) is 0 Å². The lowest BCUT2D eigenvalue weighted by atomic mass is 10.3. The minimum atomic E-state index is -0.316. The summed E-state index contributed by atoms with van der Waals surface area (Å²) in [7, 11) is 1.85. The molecular formula is C22H31FIN5O2. The lowest BCUT2D eigenvalue weighted by Gasteiger charge is -2.25. The summed E-state index contributed by atoms with van der Waals surface area (Å²) in [5, 5.41) is 3.21. The lowest BCUT2D eigenvalue weighted by Crippen LogP contribution is -2.45. The van der Waals surface area contributed by atoms with E-state index in [1.165, 1.54) is 12.1 Å². The van der Waals surface area contributed by atoms with Crippen LogP contribution in [-0.2, 0) is 11.3 Å². The predicted octanol–water partition coefficient (Wildman–Crippen LogP) is 3.90. The molecule has 1 N–H and O–H groups in total. The fourth-order valence-corrected chi connectivity index (χ4v) is 2.78. The van der Waals surface area contributed by atoms with E-state index in [-0.39, 0.29) is 42.2 Å². The van der Waals surface area contributed by atoms with Gasteiger partial charge in [0.25, 0.3) is 0 Å². The molecule has 0 unspecified atom stereocenters. The first kappa shape index (κ1) is 26.6. The maximum absolute atomic E-state index is 13.0. The van der Waals surface area contributed by atoms with Gasteiger partial charge >= 0.3 is 0 Å². The van der Waals surface area contributed by atoms with Crippen LogP contribution < -0.4 is 10.1 Å². The summed E-state index contributed by atoms with van der Waals surface area (Å²) in [6.45, 7) is 8.67. The highest BCUT2D eigenvalue weighted by molar-refractivity contribution is 14.0. The number of ether oxygens (including phenoxy) is 1. The summed E-state index contributed by atoms with van der Waals surface area (Å²) in [6, 6.07) is 9.39. The number of guanidine groups is 1. The maximum Gasteiger partial charge on any atom is 0.242 e. The van der Waals surface area contributed by atoms with Crippen molar-refractivity contribution in [2.75, 3.05) is 33.2 Å². The molecule has 1 aromatic heterocycles. The first-order chi connectivity index (χ1) is 14.5. The number of hydrogen-bond acceptors (Lipinski definition) is 4. The molecule has 7 nitrogen and oxygen atoms in total. The van der Waals surface area contributed by atoms with E-state index in [1.54, 1.807) is 29.3 Å². The minimum absolute atomic E-state index is 0. The van der Waals surface area contributed by atoms with E-state index in [9.17, 15) is 9.18 Å². The normalized spacial score (nSPS) is 10.8. The molecule has 0 fully saturated rings. The fraction of sp³-hybridized carbons (Fsp3) is 0.409. The molecule has 1 amide bonds. The van der Waals surface area contributed by atoms with Crippen LogP contribution in [0.25, 0.3) is 0 Å². The van der Waals surface area contributed by atoms with Crippen LogP contribution in [0.3, 0.4) is 0 Å². The number of carbonyl (C=O) groups is 1. The molecule has 0 spiro atoms. The Kier molecular flexibility index (Phi) is 11.8. The van der Waals surface area contributed by atoms with E-state index in [1.807, 2.05) is 38.8 Å². The van der Waals surface area contributed by atoms with Gasteiger partial charge in [-0.3, -0.25) is 4.79 Å². The zero-order valence-electron chi connectivity index (χ0n) is 18.5. The van der Waals surface area contributed by atoms with Gasteiger partial charge in [-0.25, -0.2) is 14.4 Å². The fourth-order valence-electron chi connectivity index (χ4n) is 2.78. The van der Waals surface area contributed by atoms with E-state index in [0.29, 0.717) is 43.8 Å². The Morgan fingerprint density at radius 1 is 1.13 bits per heavy atom. The number of halogens is 2. The molecule has 0 saturated heterocycles. The van der Waals surface area contributed by atoms with Crippen LogP contribution in [0.5, 0.6) is 11.6 Å². The number of benzene rings is 1. The molecule has 9 heteroatoms. The second-order valence-corrected chi connectivity index (χ2v) is 6.65. The zero-order chi connectivity index (χ0) is 21.9. The monoisotopic (exact) mass is 543 g/mol. The van der Waals surface area contributed by atoms with Gasteiger partial charge in [0, 0.05) is 38.9 Å². The number of carbonyl (C=O) groups excluding carboxylic acids is 1. The smallest absolute Gasteiger partial charge is 0.242 e. The molecule has 0 bridgehead atoms. The van der Waals surface area contributed by atoms with Crippen molar-refractivity contribution in [2.24, 2.45) is 4.99 Å². The molecular weight excluding hydrogens is 512 g/mol. The SMILES string of the molecule is CCNC(=NCc1ccc(Oc2ccc(F)cc2)nc1)N(C)CC(=O)N(CC)CC.I. The maximum atomic E-state index is 13.0. The summed E-state index contributed by atoms with van der Waals surface area (Å²) in [6.07, 6.45) is 1.69. The van der Waals surface area contributed by atoms with Crippen LogP contribution in [0.4, 0.5) is 4.39 Å². The standard InChI is InChI=1S/C22H30FN5O2.HI/c1-5-24-22(27(4)16-21(29)28(6-2)7-3)26-15-17-8-13-20(25-14-17)30-19-11-9-18(23)10-12-19;/h8-14H,5-7,15-16H2,1-4H3,(H,24,26);1H. The van der Waals surface area contributed by atoms with E-state index in [4.69, 9.17) is 4.74 Å². The van der Waals surface area contributed by atoms with Gasteiger partial charge in [0.1, 0.15) is 11.6 Å². The van der Waals surface area contributed by atoms with Crippen molar-refractivity contribution in [2.45, 2.75) is 27.3 Å². The van der Waals surface area contributed by atoms with Gasteiger partial charge in [-0.15, -0.1) is 24.0 Å². The van der Waals surface area contributed by atoms with Crippen molar-refractivity contribution in [1.29, 1.82) is 0 Å². The highest BCUT2D eigenvalue weighted by atomic mass is 127. The highest BCUT2D eigenvalue weighted by Gasteiger charge is 2.15. The molecule has 170 valence electrons. The van der Waals surface area contributed by atoms with Gasteiger partial charge in [0.2, 0.25) is 11.8 Å². The molecule has 1 aromatic carbocycles. The molecule has 0 atom stereocenters. The largest absolute Gasteiger partial charge is 0.439 e. The van der Waals surface area contributed by atoms with Crippen molar-refractivity contribution in [1.82, 2.24) is 20.1 Å². The first-order valence-electron chi connectivity index (χ1n) is 10.1. The van der Waals surface area contributed by atoms with Crippen LogP contribution in [0, 0.1) is 5.82 Å². The van der Waals surface area contributed by atoms with Crippen LogP contribution in [-0.4, -0.2) is 59.9 Å². The Hall–Kier alpha value is -2.43. The van der Waals surface area contributed by atoms with Crippen molar-refractivity contribution in [3.05, 3.63) is 54.0 Å². The van der Waals surface area contributed by atoms with Gasteiger partial charge in [-0.05, 0) is 50.6 Å². The third kappa shape index (κ3) is 8.68. The minimum Gasteiger partial charge on any atom is -0.439 e. The molecule has 1 heterocycles. The van der Waals surface area contributed by atoms with Crippen LogP contribution in [0.1, 0.15) is 26.3 Å². The van der Waals surface area contributed by atoms with Gasteiger partial charge in [0.05, 0.1) is 13.1 Å². The number of nitrogens with one attached hydrogen (secondary N) is 1. The Bertz CT molecular complexity index is 827. The topological polar surface area (TPSA) is 70.1 Å². The Balaban J connectivity index is 0.00000480. The highest BCUT2D eigenvalue weighted by Crippen LogP contribution is 2.19. The Labute approximate surface area is 200 Å². The average molecular weight is 543 g/mol. The average Bonchev–Trinajstić information content (AvgIpc) is 2.74. The van der Waals surface area contributed by atoms with Crippen LogP contribution >= 0.6 is 24.0 Å². The Morgan fingerprint density at radius 2 is 1.81 bits per heavy atom. The second-order valence-electron chi connectivity index (χ2n) is 6.65. The summed E-state index contributed by atoms with van der Waals surface area (Å²) in [5.41, 5.74) is 0.903. The molecule has 2 rings (SSSR count). The molecule has 2 aromatic rings. The molecule has 0 aliphatic rings. The number of hydrogen-bond donors (Lipinski definition) is 1. The molecule has 0 aliphatic carbocycles. The Morgan fingerprint density at radius 3 is 2.35 bits per heavy atom. The molecule has 0 saturated carbocycles. The van der Waals surface area contributed by atoms with E-state index in [2.05, 4.69) is 15.3 Å². The summed E-state index contributed by atoms with van der Waals surface area (Å²) < 4.78 is 18.6. The number of nitrogens with zero attached hydrogens (tertiary/aromatic N) is 4. The number of likely N-dealkylation sites (N-methyl/N-ethyl adjacent to an activating group) is 2. The third-order valence-electron chi connectivity index (χ3n) is 4.43. The van der Waals surface area contributed by atoms with Crippen molar-refractivity contribution in [3.8, 4) is 11.6 Å². The third-order valence-corrected chi connectivity index (χ3v) is 4.43. The first-order valence-corrected chi connectivity index (χ1v) is 10.1. The van der Waals surface area contributed by atoms with Crippen molar-refractivity contribution < 1.29 is 13.9 Å². The summed E-state index contributed by atoms with van der Waals surface area (Å²) in [5.74, 6) is 1.34. The molecule has 31 heavy (non-hydrogen) atoms. The van der Waals surface area contributed by atoms with Gasteiger partial charge in [-0.2, -0.15) is 0 Å². The van der Waals surface area contributed by atoms with Gasteiger partial charge in [-0.1, -0.05) is 6.07 Å². The summed E-state index contributed by atoms with van der Waals surface area (Å²) in [4.78, 5) is 24.9. The zero-order valence-corrected chi connectivity index (χ0v) is 20.8. The van der Waals surface area contributed by atoms with Gasteiger partial charge in [0.15, 0.2) is 5.96 Å². The second kappa shape index (κ2) is 13.8. The number of amides is 1. The van der Waals surface area contributed by atoms with E-state index >= 15 is 0 Å². The number of pyridine rings is 1. The lowest BCUT2D eigenvalue weighted by molar-refractivity contribution is -0.131. The van der Waals surface area contributed by atoms with Crippen LogP contribution in [0.15, 0.2) is 47.6 Å². The van der Waals surface area contributed by atoms with E-state index < -0.39 is 0 Å². The van der Waals surface area contributed by atoms with Gasteiger partial charge < -0.3 is 19.9 Å². The van der Waals surface area contributed by atoms with Crippen molar-refractivity contribution in [3.63, 3.8) is 0 Å². The van der Waals surface area contributed by atoms with Crippen molar-refractivity contribution >= 4 is 35.8 Å². The number of aliphatic imine (C=N–C) groups is 1. The number of rotatable bonds is 9. The predicted molar refractivity (Wildman–Crippen MR) is 131 cm³/mol. The molecule has 0 aliphatic heterocycles.